The normalized spacial score (nSPS) is 11.5. The molecule has 0 atom stereocenters. The fourth-order valence-corrected chi connectivity index (χ4v) is 11.2. The summed E-state index contributed by atoms with van der Waals surface area (Å²) < 4.78 is 13.6. The number of rotatable bonds is 12. The number of hydrogen-bond acceptors (Lipinski definition) is 6. The Labute approximate surface area is 504 Å². The summed E-state index contributed by atoms with van der Waals surface area (Å²) >= 11 is 0. The van der Waals surface area contributed by atoms with Crippen LogP contribution in [0.2, 0.25) is 0 Å². The lowest BCUT2D eigenvalue weighted by Crippen LogP contribution is -2.28. The molecular formula is C79H52N2O6. The Morgan fingerprint density at radius 2 is 0.713 bits per heavy atom. The molecule has 0 aromatic heterocycles. The molecule has 0 spiro atoms. The van der Waals surface area contributed by atoms with Crippen molar-refractivity contribution in [3.63, 3.8) is 0 Å². The molecule has 2 amide bonds. The molecule has 1 aliphatic rings. The molecule has 1 aliphatic carbocycles. The quantitative estimate of drug-likeness (QED) is 0.0906. The van der Waals surface area contributed by atoms with E-state index in [0.717, 1.165) is 66.8 Å². The van der Waals surface area contributed by atoms with Crippen molar-refractivity contribution >= 4 is 23.2 Å². The first kappa shape index (κ1) is 54.2. The van der Waals surface area contributed by atoms with Crippen LogP contribution in [-0.2, 0) is 5.41 Å². The Bertz CT molecular complexity index is 4380. The second-order valence-corrected chi connectivity index (χ2v) is 20.9. The van der Waals surface area contributed by atoms with Crippen LogP contribution in [0.25, 0.3) is 33.4 Å². The Morgan fingerprint density at radius 1 is 0.345 bits per heavy atom. The van der Waals surface area contributed by atoms with Gasteiger partial charge in [-0.15, -0.1) is 0 Å². The zero-order valence-electron chi connectivity index (χ0n) is 46.7. The molecule has 12 aromatic carbocycles. The SMILES string of the molecule is O=C(Nc1ccc(Oc2ccc(C3(c4ccc(Oc5ccc(NC(=O)c6ccc(C#Cc7ccccc7)c(O)c6)cc5)c(-c5ccccc5)c4)c4ccccc4-c4ccccc43)cc2-c2ccccc2)cc1)c1ccc(C#Cc2ccccc2)c(O)c1. The van der Waals surface area contributed by atoms with E-state index in [2.05, 4.69) is 131 Å². The number of fused-ring (bicyclic) bond motifs is 3. The summed E-state index contributed by atoms with van der Waals surface area (Å²) in [7, 11) is 0. The summed E-state index contributed by atoms with van der Waals surface area (Å²) in [5.74, 6) is 13.6. The zero-order chi connectivity index (χ0) is 59.1. The third-order valence-electron chi connectivity index (χ3n) is 15.4. The average Bonchev–Trinajstić information content (AvgIpc) is 1.83. The smallest absolute Gasteiger partial charge is 0.255 e. The van der Waals surface area contributed by atoms with Crippen LogP contribution in [0.5, 0.6) is 34.5 Å². The number of hydrogen-bond donors (Lipinski definition) is 4. The lowest BCUT2D eigenvalue weighted by molar-refractivity contribution is 0.101. The number of amides is 2. The topological polar surface area (TPSA) is 117 Å². The summed E-state index contributed by atoms with van der Waals surface area (Å²) in [6.45, 7) is 0. The second-order valence-electron chi connectivity index (χ2n) is 20.9. The van der Waals surface area contributed by atoms with Gasteiger partial charge in [0.2, 0.25) is 0 Å². The van der Waals surface area contributed by atoms with E-state index in [-0.39, 0.29) is 34.4 Å². The van der Waals surface area contributed by atoms with E-state index < -0.39 is 5.41 Å². The van der Waals surface area contributed by atoms with Gasteiger partial charge in [-0.3, -0.25) is 9.59 Å². The lowest BCUT2D eigenvalue weighted by atomic mass is 9.67. The Hall–Kier alpha value is -12.1. The van der Waals surface area contributed by atoms with Crippen LogP contribution >= 0.6 is 0 Å². The molecule has 8 heteroatoms. The third-order valence-corrected chi connectivity index (χ3v) is 15.4. The van der Waals surface area contributed by atoms with Gasteiger partial charge in [0.05, 0.1) is 16.5 Å². The summed E-state index contributed by atoms with van der Waals surface area (Å²) in [6, 6.07) is 93.5. The fourth-order valence-electron chi connectivity index (χ4n) is 11.2. The number of phenolic OH excluding ortho intramolecular Hbond substituents is 2. The molecule has 414 valence electrons. The summed E-state index contributed by atoms with van der Waals surface area (Å²) in [4.78, 5) is 26.9. The van der Waals surface area contributed by atoms with Gasteiger partial charge in [0.25, 0.3) is 11.8 Å². The number of carbonyl (C=O) groups is 2. The van der Waals surface area contributed by atoms with Gasteiger partial charge in [0, 0.05) is 44.8 Å². The van der Waals surface area contributed by atoms with Gasteiger partial charge in [-0.2, -0.15) is 0 Å². The summed E-state index contributed by atoms with van der Waals surface area (Å²) in [6.07, 6.45) is 0. The van der Waals surface area contributed by atoms with Gasteiger partial charge >= 0.3 is 0 Å². The van der Waals surface area contributed by atoms with Crippen LogP contribution in [0.15, 0.2) is 291 Å². The van der Waals surface area contributed by atoms with Crippen molar-refractivity contribution in [2.75, 3.05) is 10.6 Å². The highest BCUT2D eigenvalue weighted by atomic mass is 16.5. The zero-order valence-corrected chi connectivity index (χ0v) is 46.7. The molecule has 13 rings (SSSR count). The van der Waals surface area contributed by atoms with E-state index in [1.54, 1.807) is 48.5 Å². The van der Waals surface area contributed by atoms with Gasteiger partial charge in [0.15, 0.2) is 0 Å². The van der Waals surface area contributed by atoms with Gasteiger partial charge in [-0.1, -0.05) is 181 Å². The lowest BCUT2D eigenvalue weighted by Gasteiger charge is -2.35. The highest BCUT2D eigenvalue weighted by molar-refractivity contribution is 6.05. The van der Waals surface area contributed by atoms with Gasteiger partial charge in [-0.25, -0.2) is 0 Å². The number of phenols is 2. The van der Waals surface area contributed by atoms with E-state index in [1.165, 1.54) is 12.1 Å². The van der Waals surface area contributed by atoms with Crippen molar-refractivity contribution in [1.29, 1.82) is 0 Å². The molecule has 4 N–H and O–H groups in total. The molecule has 0 saturated carbocycles. The minimum absolute atomic E-state index is 0.0814. The van der Waals surface area contributed by atoms with Crippen LogP contribution in [-0.4, -0.2) is 22.0 Å². The molecule has 87 heavy (non-hydrogen) atoms. The number of aromatic hydroxyl groups is 2. The number of nitrogens with one attached hydrogen (secondary N) is 2. The summed E-state index contributed by atoms with van der Waals surface area (Å²) in [5.41, 5.74) is 13.6. The van der Waals surface area contributed by atoms with E-state index in [0.29, 0.717) is 45.5 Å². The molecule has 0 bridgehead atoms. The number of anilines is 2. The van der Waals surface area contributed by atoms with Crippen LogP contribution in [0.1, 0.15) is 65.2 Å². The minimum atomic E-state index is -0.823. The van der Waals surface area contributed by atoms with Crippen molar-refractivity contribution in [3.05, 3.63) is 347 Å². The van der Waals surface area contributed by atoms with Crippen LogP contribution in [0.4, 0.5) is 11.4 Å². The van der Waals surface area contributed by atoms with E-state index >= 15 is 0 Å². The second kappa shape index (κ2) is 24.0. The molecule has 0 unspecified atom stereocenters. The van der Waals surface area contributed by atoms with Crippen molar-refractivity contribution in [2.24, 2.45) is 0 Å². The van der Waals surface area contributed by atoms with Crippen LogP contribution < -0.4 is 20.1 Å². The highest BCUT2D eigenvalue weighted by Gasteiger charge is 2.46. The van der Waals surface area contributed by atoms with E-state index in [9.17, 15) is 19.8 Å². The third kappa shape index (κ3) is 11.3. The highest BCUT2D eigenvalue weighted by Crippen LogP contribution is 2.58. The fraction of sp³-hybridized carbons (Fsp3) is 0.0127. The van der Waals surface area contributed by atoms with Gasteiger partial charge < -0.3 is 30.3 Å². The minimum Gasteiger partial charge on any atom is -0.507 e. The molecule has 0 radical (unpaired) electrons. The van der Waals surface area contributed by atoms with Gasteiger partial charge in [-0.05, 0) is 178 Å². The Balaban J connectivity index is 0.807. The molecule has 0 aliphatic heterocycles. The maximum atomic E-state index is 13.4. The average molecular weight is 1130 g/mol. The number of carbonyl (C=O) groups excluding carboxylic acids is 2. The Kier molecular flexibility index (Phi) is 14.9. The standard InChI is InChI=1S/C79H52N2O6/c82-73-49-59(35-33-57(73)31-29-53-17-5-1-6-18-53)77(84)80-63-39-43-65(44-40-63)86-75-47-37-61(51-69(75)55-21-9-3-10-22-55)79(71-27-15-13-25-67(71)68-26-14-16-28-72(68)79)62-38-48-76(70(52-62)56-23-11-4-12-24-56)87-66-45-41-64(42-46-66)81-78(85)60-36-34-58(74(83)50-60)32-30-54-19-7-2-8-20-54/h1-28,33-52,82-83H,(H,80,84)(H,81,85). The summed E-state index contributed by atoms with van der Waals surface area (Å²) in [5, 5.41) is 27.4. The van der Waals surface area contributed by atoms with Crippen LogP contribution in [0.3, 0.4) is 0 Å². The largest absolute Gasteiger partial charge is 0.507 e. The predicted molar refractivity (Wildman–Crippen MR) is 345 cm³/mol. The predicted octanol–water partition coefficient (Wildman–Crippen LogP) is 17.7. The molecule has 0 fully saturated rings. The molecule has 8 nitrogen and oxygen atoms in total. The first-order valence-corrected chi connectivity index (χ1v) is 28.3. The molecular weight excluding hydrogens is 1070 g/mol. The Morgan fingerprint density at radius 3 is 1.10 bits per heavy atom. The molecule has 0 heterocycles. The van der Waals surface area contributed by atoms with Crippen molar-refractivity contribution in [3.8, 4) is 91.6 Å². The van der Waals surface area contributed by atoms with Crippen molar-refractivity contribution < 1.29 is 29.3 Å². The van der Waals surface area contributed by atoms with Crippen molar-refractivity contribution in [2.45, 2.75) is 5.41 Å². The maximum Gasteiger partial charge on any atom is 0.255 e. The number of ether oxygens (including phenoxy) is 2. The monoisotopic (exact) mass is 1120 g/mol. The van der Waals surface area contributed by atoms with Gasteiger partial charge in [0.1, 0.15) is 34.5 Å². The van der Waals surface area contributed by atoms with Crippen LogP contribution in [0, 0.1) is 23.7 Å². The first-order chi connectivity index (χ1) is 42.7. The van der Waals surface area contributed by atoms with E-state index in [4.69, 9.17) is 9.47 Å². The maximum absolute atomic E-state index is 13.4. The van der Waals surface area contributed by atoms with E-state index in [1.807, 2.05) is 133 Å². The molecule has 0 saturated heterocycles. The number of benzene rings is 12. The molecule has 12 aromatic rings. The van der Waals surface area contributed by atoms with Crippen molar-refractivity contribution in [1.82, 2.24) is 0 Å². The first-order valence-electron chi connectivity index (χ1n) is 28.3.